The first-order valence-corrected chi connectivity index (χ1v) is 7.58. The van der Waals surface area contributed by atoms with Crippen LogP contribution >= 0.6 is 0 Å². The molecule has 1 aromatic heterocycles. The van der Waals surface area contributed by atoms with E-state index in [9.17, 15) is 0 Å². The van der Waals surface area contributed by atoms with E-state index in [1.54, 1.807) is 7.11 Å². The molecule has 0 saturated carbocycles. The van der Waals surface area contributed by atoms with Gasteiger partial charge in [-0.25, -0.2) is 0 Å². The molecule has 1 aliphatic rings. The van der Waals surface area contributed by atoms with E-state index in [0.717, 1.165) is 23.6 Å². The third kappa shape index (κ3) is 3.24. The van der Waals surface area contributed by atoms with E-state index in [1.807, 2.05) is 12.3 Å². The van der Waals surface area contributed by atoms with Crippen LogP contribution in [0.2, 0.25) is 0 Å². The monoisotopic (exact) mass is 282 g/mol. The van der Waals surface area contributed by atoms with E-state index < -0.39 is 0 Å². The number of ether oxygens (including phenoxy) is 1. The molecule has 110 valence electrons. The highest BCUT2D eigenvalue weighted by Crippen LogP contribution is 2.29. The van der Waals surface area contributed by atoms with Gasteiger partial charge in [-0.05, 0) is 56.6 Å². The molecule has 0 bridgehead atoms. The summed E-state index contributed by atoms with van der Waals surface area (Å²) in [6, 6.07) is 10.5. The lowest BCUT2D eigenvalue weighted by Crippen LogP contribution is -2.18. The molecule has 1 saturated heterocycles. The number of nitrogens with zero attached hydrogens (tertiary/aromatic N) is 2. The SMILES string of the molecule is COc1ccc(C)cc1-c1ccc(CN2CCCC2)cn1. The summed E-state index contributed by atoms with van der Waals surface area (Å²) in [5.74, 6) is 0.875. The van der Waals surface area contributed by atoms with Gasteiger partial charge in [0.2, 0.25) is 0 Å². The summed E-state index contributed by atoms with van der Waals surface area (Å²) in [6.07, 6.45) is 4.65. The van der Waals surface area contributed by atoms with Crippen molar-refractivity contribution in [3.63, 3.8) is 0 Å². The van der Waals surface area contributed by atoms with Crippen LogP contribution in [0.3, 0.4) is 0 Å². The Morgan fingerprint density at radius 1 is 1.14 bits per heavy atom. The van der Waals surface area contributed by atoms with Crippen molar-refractivity contribution in [3.05, 3.63) is 47.7 Å². The molecule has 2 aromatic rings. The van der Waals surface area contributed by atoms with Crippen molar-refractivity contribution in [2.45, 2.75) is 26.3 Å². The van der Waals surface area contributed by atoms with Gasteiger partial charge in [0, 0.05) is 18.3 Å². The zero-order chi connectivity index (χ0) is 14.7. The Hall–Kier alpha value is -1.87. The number of methoxy groups -OCH3 is 1. The van der Waals surface area contributed by atoms with Crippen LogP contribution in [0.15, 0.2) is 36.5 Å². The molecule has 2 heterocycles. The van der Waals surface area contributed by atoms with Crippen LogP contribution in [0.4, 0.5) is 0 Å². The van der Waals surface area contributed by atoms with Crippen molar-refractivity contribution in [3.8, 4) is 17.0 Å². The molecule has 1 aromatic carbocycles. The van der Waals surface area contributed by atoms with E-state index in [1.165, 1.54) is 37.1 Å². The maximum absolute atomic E-state index is 5.44. The Morgan fingerprint density at radius 2 is 1.95 bits per heavy atom. The van der Waals surface area contributed by atoms with Gasteiger partial charge in [-0.1, -0.05) is 17.7 Å². The summed E-state index contributed by atoms with van der Waals surface area (Å²) in [5.41, 5.74) is 4.53. The Kier molecular flexibility index (Phi) is 4.20. The quantitative estimate of drug-likeness (QED) is 0.855. The topological polar surface area (TPSA) is 25.4 Å². The molecule has 21 heavy (non-hydrogen) atoms. The first-order chi connectivity index (χ1) is 10.3. The molecular formula is C18H22N2O. The standard InChI is InChI=1S/C18H22N2O/c1-14-5-8-18(21-2)16(11-14)17-7-6-15(12-19-17)13-20-9-3-4-10-20/h5-8,11-12H,3-4,9-10,13H2,1-2H3. The van der Waals surface area contributed by atoms with Gasteiger partial charge in [-0.3, -0.25) is 9.88 Å². The largest absolute Gasteiger partial charge is 0.496 e. The maximum Gasteiger partial charge on any atom is 0.128 e. The molecule has 0 N–H and O–H groups in total. The summed E-state index contributed by atoms with van der Waals surface area (Å²) in [4.78, 5) is 7.12. The predicted octanol–water partition coefficient (Wildman–Crippen LogP) is 3.66. The third-order valence-corrected chi connectivity index (χ3v) is 4.06. The molecule has 0 spiro atoms. The smallest absolute Gasteiger partial charge is 0.128 e. The lowest BCUT2D eigenvalue weighted by molar-refractivity contribution is 0.331. The average molecular weight is 282 g/mol. The molecule has 0 amide bonds. The van der Waals surface area contributed by atoms with Crippen molar-refractivity contribution in [1.29, 1.82) is 0 Å². The van der Waals surface area contributed by atoms with Crippen LogP contribution in [0, 0.1) is 6.92 Å². The lowest BCUT2D eigenvalue weighted by Gasteiger charge is -2.14. The van der Waals surface area contributed by atoms with Crippen molar-refractivity contribution < 1.29 is 4.74 Å². The van der Waals surface area contributed by atoms with Gasteiger partial charge in [0.15, 0.2) is 0 Å². The van der Waals surface area contributed by atoms with Crippen LogP contribution in [0.25, 0.3) is 11.3 Å². The Bertz CT molecular complexity index is 601. The fourth-order valence-corrected chi connectivity index (χ4v) is 2.90. The van der Waals surface area contributed by atoms with E-state index in [2.05, 4.69) is 41.1 Å². The molecule has 1 aliphatic heterocycles. The summed E-state index contributed by atoms with van der Waals surface area (Å²) >= 11 is 0. The van der Waals surface area contributed by atoms with Gasteiger partial charge < -0.3 is 4.74 Å². The number of hydrogen-bond donors (Lipinski definition) is 0. The average Bonchev–Trinajstić information content (AvgIpc) is 3.01. The van der Waals surface area contributed by atoms with Crippen molar-refractivity contribution >= 4 is 0 Å². The van der Waals surface area contributed by atoms with E-state index in [0.29, 0.717) is 0 Å². The third-order valence-electron chi connectivity index (χ3n) is 4.06. The zero-order valence-electron chi connectivity index (χ0n) is 12.8. The summed E-state index contributed by atoms with van der Waals surface area (Å²) in [7, 11) is 1.70. The highest BCUT2D eigenvalue weighted by molar-refractivity contribution is 5.68. The molecule has 3 heteroatoms. The lowest BCUT2D eigenvalue weighted by atomic mass is 10.1. The molecule has 0 radical (unpaired) electrons. The first-order valence-electron chi connectivity index (χ1n) is 7.58. The molecule has 3 rings (SSSR count). The normalized spacial score (nSPS) is 15.3. The van der Waals surface area contributed by atoms with Crippen molar-refractivity contribution in [1.82, 2.24) is 9.88 Å². The molecule has 1 fully saturated rings. The van der Waals surface area contributed by atoms with Crippen molar-refractivity contribution in [2.75, 3.05) is 20.2 Å². The first kappa shape index (κ1) is 14.1. The van der Waals surface area contributed by atoms with Gasteiger partial charge >= 0.3 is 0 Å². The van der Waals surface area contributed by atoms with Gasteiger partial charge in [-0.2, -0.15) is 0 Å². The molecule has 0 atom stereocenters. The minimum atomic E-state index is 0.875. The molecule has 3 nitrogen and oxygen atoms in total. The second-order valence-corrected chi connectivity index (χ2v) is 5.74. The van der Waals surface area contributed by atoms with Crippen LogP contribution in [0.1, 0.15) is 24.0 Å². The van der Waals surface area contributed by atoms with Gasteiger partial charge in [0.25, 0.3) is 0 Å². The van der Waals surface area contributed by atoms with Crippen LogP contribution < -0.4 is 4.74 Å². The number of benzene rings is 1. The Morgan fingerprint density at radius 3 is 2.62 bits per heavy atom. The zero-order valence-corrected chi connectivity index (χ0v) is 12.8. The van der Waals surface area contributed by atoms with E-state index >= 15 is 0 Å². The maximum atomic E-state index is 5.44. The van der Waals surface area contributed by atoms with Crippen LogP contribution in [-0.4, -0.2) is 30.1 Å². The number of pyridine rings is 1. The Balaban J connectivity index is 1.81. The van der Waals surface area contributed by atoms with Crippen molar-refractivity contribution in [2.24, 2.45) is 0 Å². The highest BCUT2D eigenvalue weighted by atomic mass is 16.5. The number of aryl methyl sites for hydroxylation is 1. The van der Waals surface area contributed by atoms with E-state index in [-0.39, 0.29) is 0 Å². The molecule has 0 unspecified atom stereocenters. The highest BCUT2D eigenvalue weighted by Gasteiger charge is 2.12. The molecular weight excluding hydrogens is 260 g/mol. The predicted molar refractivity (Wildman–Crippen MR) is 85.5 cm³/mol. The summed E-state index contributed by atoms with van der Waals surface area (Å²) < 4.78 is 5.44. The number of hydrogen-bond acceptors (Lipinski definition) is 3. The van der Waals surface area contributed by atoms with Gasteiger partial charge in [0.05, 0.1) is 12.8 Å². The number of aromatic nitrogens is 1. The molecule has 0 aliphatic carbocycles. The van der Waals surface area contributed by atoms with Crippen LogP contribution in [-0.2, 0) is 6.54 Å². The van der Waals surface area contributed by atoms with Crippen LogP contribution in [0.5, 0.6) is 5.75 Å². The second-order valence-electron chi connectivity index (χ2n) is 5.74. The van der Waals surface area contributed by atoms with Gasteiger partial charge in [0.1, 0.15) is 5.75 Å². The Labute approximate surface area is 126 Å². The fourth-order valence-electron chi connectivity index (χ4n) is 2.90. The second kappa shape index (κ2) is 6.27. The van der Waals surface area contributed by atoms with Gasteiger partial charge in [-0.15, -0.1) is 0 Å². The minimum absolute atomic E-state index is 0.875. The summed E-state index contributed by atoms with van der Waals surface area (Å²) in [5, 5.41) is 0. The van der Waals surface area contributed by atoms with E-state index in [4.69, 9.17) is 4.74 Å². The number of rotatable bonds is 4. The minimum Gasteiger partial charge on any atom is -0.496 e. The number of likely N-dealkylation sites (tertiary alicyclic amines) is 1. The summed E-state index contributed by atoms with van der Waals surface area (Å²) in [6.45, 7) is 5.53. The fraction of sp³-hybridized carbons (Fsp3) is 0.389.